The highest BCUT2D eigenvalue weighted by atomic mass is 16.5. The Kier molecular flexibility index (Phi) is 3.66. The van der Waals surface area contributed by atoms with Gasteiger partial charge in [-0.25, -0.2) is 9.48 Å². The van der Waals surface area contributed by atoms with E-state index in [4.69, 9.17) is 10.5 Å². The average molecular weight is 259 g/mol. The van der Waals surface area contributed by atoms with Crippen LogP contribution in [-0.4, -0.2) is 22.9 Å². The van der Waals surface area contributed by atoms with Crippen LogP contribution in [0.15, 0.2) is 24.3 Å². The Bertz CT molecular complexity index is 617. The summed E-state index contributed by atoms with van der Waals surface area (Å²) in [5.41, 5.74) is 9.96. The number of carbonyl (C=O) groups excluding carboxylic acids is 1. The van der Waals surface area contributed by atoms with Crippen LogP contribution in [0, 0.1) is 13.8 Å². The van der Waals surface area contributed by atoms with Crippen LogP contribution in [-0.2, 0) is 11.3 Å². The highest BCUT2D eigenvalue weighted by Gasteiger charge is 2.13. The first-order valence-electron chi connectivity index (χ1n) is 6.02. The smallest absolute Gasteiger partial charge is 0.337 e. The summed E-state index contributed by atoms with van der Waals surface area (Å²) < 4.78 is 6.51. The fourth-order valence-corrected chi connectivity index (χ4v) is 2.10. The number of aromatic nitrogens is 2. The quantitative estimate of drug-likeness (QED) is 0.852. The van der Waals surface area contributed by atoms with Crippen LogP contribution in [0.4, 0.5) is 0 Å². The van der Waals surface area contributed by atoms with Gasteiger partial charge < -0.3 is 10.5 Å². The van der Waals surface area contributed by atoms with E-state index in [0.717, 1.165) is 22.6 Å². The van der Waals surface area contributed by atoms with Crippen LogP contribution in [0.5, 0.6) is 0 Å². The lowest BCUT2D eigenvalue weighted by molar-refractivity contribution is 0.0600. The highest BCUT2D eigenvalue weighted by molar-refractivity contribution is 5.89. The molecule has 2 rings (SSSR count). The summed E-state index contributed by atoms with van der Waals surface area (Å²) in [6, 6.07) is 7.17. The van der Waals surface area contributed by atoms with E-state index in [0.29, 0.717) is 12.1 Å². The number of nitrogens with zero attached hydrogens (tertiary/aromatic N) is 2. The molecule has 1 heterocycles. The number of benzene rings is 1. The third-order valence-corrected chi connectivity index (χ3v) is 3.16. The Hall–Kier alpha value is -2.14. The van der Waals surface area contributed by atoms with E-state index in [2.05, 4.69) is 5.10 Å². The van der Waals surface area contributed by atoms with E-state index in [1.54, 1.807) is 22.9 Å². The van der Waals surface area contributed by atoms with Crippen LogP contribution >= 0.6 is 0 Å². The van der Waals surface area contributed by atoms with E-state index < -0.39 is 0 Å². The van der Waals surface area contributed by atoms with Crippen molar-refractivity contribution in [3.63, 3.8) is 0 Å². The molecule has 0 bridgehead atoms. The molecule has 0 saturated carbocycles. The molecule has 0 radical (unpaired) electrons. The molecule has 0 saturated heterocycles. The van der Waals surface area contributed by atoms with Crippen LogP contribution in [0.3, 0.4) is 0 Å². The molecule has 0 atom stereocenters. The minimum absolute atomic E-state index is 0.359. The fraction of sp³-hybridized carbons (Fsp3) is 0.286. The summed E-state index contributed by atoms with van der Waals surface area (Å²) in [7, 11) is 1.37. The van der Waals surface area contributed by atoms with E-state index in [1.165, 1.54) is 7.11 Å². The molecule has 0 aliphatic carbocycles. The predicted molar refractivity (Wildman–Crippen MR) is 72.3 cm³/mol. The number of hydrogen-bond acceptors (Lipinski definition) is 4. The van der Waals surface area contributed by atoms with Crippen molar-refractivity contribution in [2.45, 2.75) is 20.4 Å². The third kappa shape index (κ3) is 2.37. The standard InChI is InChI=1S/C14H17N3O2/c1-9-13(8-15)10(2)17(16-9)12-6-4-5-11(7-12)14(18)19-3/h4-7H,8,15H2,1-3H3. The molecule has 2 aromatic rings. The van der Waals surface area contributed by atoms with Crippen LogP contribution in [0.25, 0.3) is 5.69 Å². The first kappa shape index (κ1) is 13.3. The predicted octanol–water partition coefficient (Wildman–Crippen LogP) is 1.73. The van der Waals surface area contributed by atoms with Crippen molar-refractivity contribution in [2.75, 3.05) is 7.11 Å². The first-order chi connectivity index (χ1) is 9.08. The lowest BCUT2D eigenvalue weighted by atomic mass is 10.2. The molecular formula is C14H17N3O2. The minimum atomic E-state index is -0.359. The molecule has 0 aliphatic rings. The SMILES string of the molecule is COC(=O)c1cccc(-n2nc(C)c(CN)c2C)c1. The van der Waals surface area contributed by atoms with E-state index in [-0.39, 0.29) is 5.97 Å². The maximum absolute atomic E-state index is 11.5. The van der Waals surface area contributed by atoms with Gasteiger partial charge in [-0.3, -0.25) is 0 Å². The third-order valence-electron chi connectivity index (χ3n) is 3.16. The molecule has 5 nitrogen and oxygen atoms in total. The number of aryl methyl sites for hydroxylation is 1. The van der Waals surface area contributed by atoms with E-state index in [1.807, 2.05) is 19.9 Å². The number of hydrogen-bond donors (Lipinski definition) is 1. The molecule has 0 spiro atoms. The molecule has 1 aromatic carbocycles. The minimum Gasteiger partial charge on any atom is -0.465 e. The topological polar surface area (TPSA) is 70.1 Å². The number of rotatable bonds is 3. The molecule has 0 aliphatic heterocycles. The monoisotopic (exact) mass is 259 g/mol. The molecule has 100 valence electrons. The summed E-state index contributed by atoms with van der Waals surface area (Å²) in [5.74, 6) is -0.359. The van der Waals surface area contributed by atoms with Crippen molar-refractivity contribution in [3.05, 3.63) is 46.8 Å². The van der Waals surface area contributed by atoms with Crippen molar-refractivity contribution in [1.29, 1.82) is 0 Å². The van der Waals surface area contributed by atoms with Crippen LogP contribution < -0.4 is 5.73 Å². The lowest BCUT2D eigenvalue weighted by Crippen LogP contribution is -2.05. The van der Waals surface area contributed by atoms with Gasteiger partial charge in [-0.2, -0.15) is 5.10 Å². The van der Waals surface area contributed by atoms with Crippen molar-refractivity contribution in [1.82, 2.24) is 9.78 Å². The maximum atomic E-state index is 11.5. The van der Waals surface area contributed by atoms with E-state index >= 15 is 0 Å². The van der Waals surface area contributed by atoms with Gasteiger partial charge in [0, 0.05) is 17.8 Å². The molecular weight excluding hydrogens is 242 g/mol. The second-order valence-electron chi connectivity index (χ2n) is 4.31. The molecule has 0 unspecified atom stereocenters. The van der Waals surface area contributed by atoms with Gasteiger partial charge in [-0.15, -0.1) is 0 Å². The Morgan fingerprint density at radius 2 is 2.16 bits per heavy atom. The largest absolute Gasteiger partial charge is 0.465 e. The zero-order chi connectivity index (χ0) is 14.0. The number of carbonyl (C=O) groups is 1. The molecule has 2 N–H and O–H groups in total. The van der Waals surface area contributed by atoms with Gasteiger partial charge in [0.1, 0.15) is 0 Å². The Morgan fingerprint density at radius 1 is 1.42 bits per heavy atom. The van der Waals surface area contributed by atoms with Crippen molar-refractivity contribution >= 4 is 5.97 Å². The Labute approximate surface area is 112 Å². The van der Waals surface area contributed by atoms with Gasteiger partial charge in [0.15, 0.2) is 0 Å². The molecule has 19 heavy (non-hydrogen) atoms. The highest BCUT2D eigenvalue weighted by Crippen LogP contribution is 2.18. The number of ether oxygens (including phenoxy) is 1. The molecule has 0 fully saturated rings. The van der Waals surface area contributed by atoms with E-state index in [9.17, 15) is 4.79 Å². The molecule has 1 aromatic heterocycles. The van der Waals surface area contributed by atoms with Crippen molar-refractivity contribution in [3.8, 4) is 5.69 Å². The molecule has 0 amide bonds. The summed E-state index contributed by atoms with van der Waals surface area (Å²) >= 11 is 0. The van der Waals surface area contributed by atoms with Gasteiger partial charge in [0.05, 0.1) is 24.1 Å². The van der Waals surface area contributed by atoms with Crippen LogP contribution in [0.1, 0.15) is 27.3 Å². The second-order valence-corrected chi connectivity index (χ2v) is 4.31. The van der Waals surface area contributed by atoms with Gasteiger partial charge >= 0.3 is 5.97 Å². The number of methoxy groups -OCH3 is 1. The number of nitrogens with two attached hydrogens (primary N) is 1. The maximum Gasteiger partial charge on any atom is 0.337 e. The summed E-state index contributed by atoms with van der Waals surface area (Å²) in [6.07, 6.45) is 0. The van der Waals surface area contributed by atoms with Crippen molar-refractivity contribution in [2.24, 2.45) is 5.73 Å². The van der Waals surface area contributed by atoms with Gasteiger partial charge in [0.25, 0.3) is 0 Å². The van der Waals surface area contributed by atoms with Crippen LogP contribution in [0.2, 0.25) is 0 Å². The normalized spacial score (nSPS) is 10.5. The summed E-state index contributed by atoms with van der Waals surface area (Å²) in [5, 5.41) is 4.46. The first-order valence-corrected chi connectivity index (χ1v) is 6.02. The van der Waals surface area contributed by atoms with Crippen molar-refractivity contribution < 1.29 is 9.53 Å². The summed E-state index contributed by atoms with van der Waals surface area (Å²) in [4.78, 5) is 11.5. The Balaban J connectivity index is 2.50. The fourth-order valence-electron chi connectivity index (χ4n) is 2.10. The average Bonchev–Trinajstić information content (AvgIpc) is 2.72. The molecule has 5 heteroatoms. The summed E-state index contributed by atoms with van der Waals surface area (Å²) in [6.45, 7) is 4.34. The zero-order valence-electron chi connectivity index (χ0n) is 11.3. The zero-order valence-corrected chi connectivity index (χ0v) is 11.3. The van der Waals surface area contributed by atoms with Gasteiger partial charge in [-0.1, -0.05) is 6.07 Å². The lowest BCUT2D eigenvalue weighted by Gasteiger charge is -2.06. The van der Waals surface area contributed by atoms with Gasteiger partial charge in [-0.05, 0) is 32.0 Å². The number of esters is 1. The second kappa shape index (κ2) is 5.24. The Morgan fingerprint density at radius 3 is 2.74 bits per heavy atom. The van der Waals surface area contributed by atoms with Gasteiger partial charge in [0.2, 0.25) is 0 Å².